The van der Waals surface area contributed by atoms with Gasteiger partial charge in [-0.2, -0.15) is 0 Å². The van der Waals surface area contributed by atoms with E-state index in [2.05, 4.69) is 27.8 Å². The maximum Gasteiger partial charge on any atom is 0.341 e. The number of hydrogen-bond acceptors (Lipinski definition) is 7. The van der Waals surface area contributed by atoms with Gasteiger partial charge < -0.3 is 24.8 Å². The van der Waals surface area contributed by atoms with Crippen LogP contribution in [-0.2, 0) is 15.9 Å². The molecule has 4 aromatic rings. The first-order valence-electron chi connectivity index (χ1n) is 12.6. The number of aromatic nitrogens is 1. The summed E-state index contributed by atoms with van der Waals surface area (Å²) >= 11 is 0. The lowest BCUT2D eigenvalue weighted by atomic mass is 10.0. The molecule has 4 rings (SSSR count). The van der Waals surface area contributed by atoms with E-state index >= 15 is 0 Å². The first-order valence-corrected chi connectivity index (χ1v) is 12.6. The van der Waals surface area contributed by atoms with Gasteiger partial charge in [-0.15, -0.1) is 0 Å². The average molecular weight is 526 g/mol. The third-order valence-corrected chi connectivity index (χ3v) is 5.96. The van der Waals surface area contributed by atoms with E-state index in [-0.39, 0.29) is 5.91 Å². The molecule has 0 spiro atoms. The largest absolute Gasteiger partial charge is 0.493 e. The Balaban J connectivity index is 1.41. The standard InChI is InChI=1S/C31H31N3O5/c1-37-18-16-32-29-28(31(36)38-2)20-25(21-33-29)23-9-6-10-24(19-23)30(35)34-26-11-13-27(14-12-26)39-17-15-22-7-4-3-5-8-22/h3-14,19-21H,15-18H2,1-2H3,(H,32,33)(H,34,35). The van der Waals surface area contributed by atoms with Gasteiger partial charge in [-0.05, 0) is 53.6 Å². The maximum absolute atomic E-state index is 13.0. The molecule has 0 fully saturated rings. The van der Waals surface area contributed by atoms with Crippen molar-refractivity contribution in [2.24, 2.45) is 0 Å². The Labute approximate surface area is 228 Å². The number of rotatable bonds is 12. The van der Waals surface area contributed by atoms with E-state index in [9.17, 15) is 9.59 Å². The Morgan fingerprint density at radius 1 is 0.846 bits per heavy atom. The van der Waals surface area contributed by atoms with Crippen molar-refractivity contribution in [3.05, 3.63) is 108 Å². The molecular formula is C31H31N3O5. The highest BCUT2D eigenvalue weighted by Crippen LogP contribution is 2.25. The van der Waals surface area contributed by atoms with Gasteiger partial charge in [-0.1, -0.05) is 42.5 Å². The number of carbonyl (C=O) groups is 2. The SMILES string of the molecule is COCCNc1ncc(-c2cccc(C(=O)Nc3ccc(OCCc4ccccc4)cc3)c2)cc1C(=O)OC. The van der Waals surface area contributed by atoms with Crippen molar-refractivity contribution in [2.75, 3.05) is 44.6 Å². The molecule has 0 bridgehead atoms. The number of benzene rings is 3. The molecule has 1 amide bonds. The molecule has 8 heteroatoms. The Bertz CT molecular complexity index is 1390. The van der Waals surface area contributed by atoms with Gasteiger partial charge in [0.05, 0.1) is 20.3 Å². The highest BCUT2D eigenvalue weighted by molar-refractivity contribution is 6.05. The van der Waals surface area contributed by atoms with Gasteiger partial charge in [0.25, 0.3) is 5.91 Å². The minimum Gasteiger partial charge on any atom is -0.493 e. The highest BCUT2D eigenvalue weighted by Gasteiger charge is 2.16. The second kappa shape index (κ2) is 13.7. The fourth-order valence-corrected chi connectivity index (χ4v) is 3.91. The van der Waals surface area contributed by atoms with Crippen LogP contribution < -0.4 is 15.4 Å². The van der Waals surface area contributed by atoms with Crippen molar-refractivity contribution < 1.29 is 23.8 Å². The Kier molecular flexibility index (Phi) is 9.63. The molecule has 1 heterocycles. The summed E-state index contributed by atoms with van der Waals surface area (Å²) in [5.41, 5.74) is 4.06. The fourth-order valence-electron chi connectivity index (χ4n) is 3.91. The van der Waals surface area contributed by atoms with Crippen molar-refractivity contribution in [3.8, 4) is 16.9 Å². The summed E-state index contributed by atoms with van der Waals surface area (Å²) in [7, 11) is 2.92. The molecule has 0 saturated carbocycles. The van der Waals surface area contributed by atoms with Crippen molar-refractivity contribution in [2.45, 2.75) is 6.42 Å². The van der Waals surface area contributed by atoms with Crippen LogP contribution in [0.25, 0.3) is 11.1 Å². The Morgan fingerprint density at radius 3 is 2.38 bits per heavy atom. The smallest absolute Gasteiger partial charge is 0.341 e. The third kappa shape index (κ3) is 7.66. The zero-order valence-electron chi connectivity index (χ0n) is 22.0. The van der Waals surface area contributed by atoms with E-state index in [4.69, 9.17) is 14.2 Å². The molecule has 3 aromatic carbocycles. The lowest BCUT2D eigenvalue weighted by molar-refractivity contribution is 0.0601. The maximum atomic E-state index is 13.0. The van der Waals surface area contributed by atoms with Gasteiger partial charge in [0.1, 0.15) is 17.1 Å². The van der Waals surface area contributed by atoms with Crippen molar-refractivity contribution >= 4 is 23.4 Å². The number of esters is 1. The molecule has 0 unspecified atom stereocenters. The van der Waals surface area contributed by atoms with Crippen LogP contribution in [0, 0.1) is 0 Å². The summed E-state index contributed by atoms with van der Waals surface area (Å²) in [6, 6.07) is 26.3. The molecule has 2 N–H and O–H groups in total. The van der Waals surface area contributed by atoms with Gasteiger partial charge >= 0.3 is 5.97 Å². The number of pyridine rings is 1. The quantitative estimate of drug-likeness (QED) is 0.187. The summed E-state index contributed by atoms with van der Waals surface area (Å²) in [4.78, 5) is 29.8. The predicted octanol–water partition coefficient (Wildman–Crippen LogP) is 5.47. The molecule has 0 saturated heterocycles. The number of anilines is 2. The monoisotopic (exact) mass is 525 g/mol. The third-order valence-electron chi connectivity index (χ3n) is 5.96. The van der Waals surface area contributed by atoms with Crippen LogP contribution in [0.5, 0.6) is 5.75 Å². The molecule has 0 radical (unpaired) electrons. The number of carbonyl (C=O) groups excluding carboxylic acids is 2. The minimum absolute atomic E-state index is 0.256. The highest BCUT2D eigenvalue weighted by atomic mass is 16.5. The Hall–Kier alpha value is -4.69. The summed E-state index contributed by atoms with van der Waals surface area (Å²) in [5.74, 6) is 0.378. The number of nitrogens with one attached hydrogen (secondary N) is 2. The number of amides is 1. The summed E-state index contributed by atoms with van der Waals surface area (Å²) in [6.07, 6.45) is 2.47. The summed E-state index contributed by atoms with van der Waals surface area (Å²) in [5, 5.41) is 5.99. The van der Waals surface area contributed by atoms with Crippen LogP contribution in [0.2, 0.25) is 0 Å². The van der Waals surface area contributed by atoms with Crippen molar-refractivity contribution in [1.29, 1.82) is 0 Å². The van der Waals surface area contributed by atoms with E-state index in [1.165, 1.54) is 12.7 Å². The van der Waals surface area contributed by atoms with E-state index < -0.39 is 5.97 Å². The van der Waals surface area contributed by atoms with Crippen molar-refractivity contribution in [3.63, 3.8) is 0 Å². The molecule has 39 heavy (non-hydrogen) atoms. The van der Waals surface area contributed by atoms with Gasteiger partial charge in [0.2, 0.25) is 0 Å². The zero-order valence-corrected chi connectivity index (χ0v) is 22.0. The summed E-state index contributed by atoms with van der Waals surface area (Å²) < 4.78 is 15.8. The Morgan fingerprint density at radius 2 is 1.64 bits per heavy atom. The first kappa shape index (κ1) is 27.3. The van der Waals surface area contributed by atoms with E-state index in [1.807, 2.05) is 48.5 Å². The number of hydrogen-bond donors (Lipinski definition) is 2. The summed E-state index contributed by atoms with van der Waals surface area (Å²) in [6.45, 7) is 1.52. The second-order valence-corrected chi connectivity index (χ2v) is 8.67. The van der Waals surface area contributed by atoms with Gasteiger partial charge in [0, 0.05) is 43.1 Å². The van der Waals surface area contributed by atoms with Crippen LogP contribution >= 0.6 is 0 Å². The van der Waals surface area contributed by atoms with Crippen LogP contribution in [0.1, 0.15) is 26.3 Å². The van der Waals surface area contributed by atoms with Crippen molar-refractivity contribution in [1.82, 2.24) is 4.98 Å². The van der Waals surface area contributed by atoms with Crippen LogP contribution in [0.3, 0.4) is 0 Å². The first-order chi connectivity index (χ1) is 19.1. The number of ether oxygens (including phenoxy) is 3. The predicted molar refractivity (Wildman–Crippen MR) is 151 cm³/mol. The normalized spacial score (nSPS) is 10.5. The van der Waals surface area contributed by atoms with Crippen LogP contribution in [0.15, 0.2) is 91.1 Å². The lowest BCUT2D eigenvalue weighted by Gasteiger charge is -2.12. The zero-order chi connectivity index (χ0) is 27.5. The van der Waals surface area contributed by atoms with E-state index in [0.29, 0.717) is 48.0 Å². The topological polar surface area (TPSA) is 98.8 Å². The fraction of sp³-hybridized carbons (Fsp3) is 0.194. The lowest BCUT2D eigenvalue weighted by Crippen LogP contribution is -2.14. The molecule has 200 valence electrons. The van der Waals surface area contributed by atoms with Gasteiger partial charge in [-0.3, -0.25) is 4.79 Å². The molecule has 8 nitrogen and oxygen atoms in total. The molecule has 0 aliphatic heterocycles. The molecular weight excluding hydrogens is 494 g/mol. The van der Waals surface area contributed by atoms with Gasteiger partial charge in [0.15, 0.2) is 0 Å². The van der Waals surface area contributed by atoms with E-state index in [1.54, 1.807) is 37.6 Å². The van der Waals surface area contributed by atoms with Crippen LogP contribution in [0.4, 0.5) is 11.5 Å². The molecule has 0 atom stereocenters. The van der Waals surface area contributed by atoms with E-state index in [0.717, 1.165) is 17.7 Å². The number of methoxy groups -OCH3 is 2. The number of nitrogens with zero attached hydrogens (tertiary/aromatic N) is 1. The van der Waals surface area contributed by atoms with Crippen LogP contribution in [-0.4, -0.2) is 50.8 Å². The molecule has 0 aliphatic carbocycles. The minimum atomic E-state index is -0.509. The van der Waals surface area contributed by atoms with Gasteiger partial charge in [-0.25, -0.2) is 9.78 Å². The molecule has 0 aliphatic rings. The average Bonchev–Trinajstić information content (AvgIpc) is 2.98. The second-order valence-electron chi connectivity index (χ2n) is 8.67. The molecule has 1 aromatic heterocycles.